The second kappa shape index (κ2) is 5.75. The molecule has 2 rings (SSSR count). The first-order chi connectivity index (χ1) is 7.75. The minimum atomic E-state index is -0.133. The first-order valence-corrected chi connectivity index (χ1v) is 6.30. The van der Waals surface area contributed by atoms with Crippen LogP contribution in [-0.2, 0) is 11.2 Å². The number of hydrogen-bond donors (Lipinski definition) is 1. The fourth-order valence-electron chi connectivity index (χ4n) is 1.86. The van der Waals surface area contributed by atoms with Crippen molar-refractivity contribution in [3.05, 3.63) is 34.1 Å². The van der Waals surface area contributed by atoms with Crippen LogP contribution in [0.15, 0.2) is 22.7 Å². The molecular weight excluding hydrogens is 273 g/mol. The molecule has 88 valence electrons. The zero-order valence-electron chi connectivity index (χ0n) is 9.01. The molecule has 0 saturated carbocycles. The lowest BCUT2D eigenvalue weighted by Gasteiger charge is -2.23. The molecule has 0 spiro atoms. The van der Waals surface area contributed by atoms with E-state index in [4.69, 9.17) is 4.74 Å². The van der Waals surface area contributed by atoms with Gasteiger partial charge < -0.3 is 10.1 Å². The van der Waals surface area contributed by atoms with Crippen LogP contribution in [0.4, 0.5) is 4.39 Å². The molecule has 0 radical (unpaired) electrons. The molecule has 4 heteroatoms. The lowest BCUT2D eigenvalue weighted by molar-refractivity contribution is 0.0743. The molecule has 1 heterocycles. The first kappa shape index (κ1) is 12.0. The van der Waals surface area contributed by atoms with Crippen LogP contribution in [0.5, 0.6) is 0 Å². The van der Waals surface area contributed by atoms with Crippen molar-refractivity contribution < 1.29 is 9.13 Å². The molecule has 0 bridgehead atoms. The van der Waals surface area contributed by atoms with Gasteiger partial charge in [0.2, 0.25) is 0 Å². The highest BCUT2D eigenvalue weighted by Crippen LogP contribution is 2.17. The van der Waals surface area contributed by atoms with Crippen molar-refractivity contribution >= 4 is 15.9 Å². The highest BCUT2D eigenvalue weighted by Gasteiger charge is 2.13. The zero-order valence-corrected chi connectivity index (χ0v) is 10.6. The van der Waals surface area contributed by atoms with Crippen LogP contribution in [0, 0.1) is 5.82 Å². The maximum atomic E-state index is 13.5. The fourth-order valence-corrected chi connectivity index (χ4v) is 2.19. The molecule has 0 amide bonds. The number of ether oxygens (including phenoxy) is 1. The van der Waals surface area contributed by atoms with Crippen molar-refractivity contribution in [3.8, 4) is 0 Å². The second-order valence-corrected chi connectivity index (χ2v) is 4.92. The standard InChI is InChI=1S/C12H15BrFNO/c13-10-3-1-9(12(14)7-10)2-4-11-8-16-6-5-15-11/h1,3,7,11,15H,2,4-6,8H2. The van der Waals surface area contributed by atoms with E-state index in [0.29, 0.717) is 6.04 Å². The third kappa shape index (κ3) is 3.27. The van der Waals surface area contributed by atoms with Gasteiger partial charge in [-0.15, -0.1) is 0 Å². The Kier molecular flexibility index (Phi) is 4.32. The largest absolute Gasteiger partial charge is 0.379 e. The number of rotatable bonds is 3. The van der Waals surface area contributed by atoms with Crippen molar-refractivity contribution in [1.82, 2.24) is 5.32 Å². The van der Waals surface area contributed by atoms with Crippen molar-refractivity contribution in [2.45, 2.75) is 18.9 Å². The lowest BCUT2D eigenvalue weighted by atomic mass is 10.0. The summed E-state index contributed by atoms with van der Waals surface area (Å²) in [6.45, 7) is 2.41. The molecule has 1 unspecified atom stereocenters. The molecule has 1 N–H and O–H groups in total. The molecule has 16 heavy (non-hydrogen) atoms. The van der Waals surface area contributed by atoms with Crippen LogP contribution >= 0.6 is 15.9 Å². The smallest absolute Gasteiger partial charge is 0.127 e. The topological polar surface area (TPSA) is 21.3 Å². The quantitative estimate of drug-likeness (QED) is 0.922. The SMILES string of the molecule is Fc1cc(Br)ccc1CCC1COCCN1. The van der Waals surface area contributed by atoms with E-state index < -0.39 is 0 Å². The van der Waals surface area contributed by atoms with Crippen LogP contribution in [0.3, 0.4) is 0 Å². The predicted octanol–water partition coefficient (Wildman–Crippen LogP) is 2.51. The lowest BCUT2D eigenvalue weighted by Crippen LogP contribution is -2.41. The molecule has 1 fully saturated rings. The van der Waals surface area contributed by atoms with Crippen molar-refractivity contribution in [2.24, 2.45) is 0 Å². The van der Waals surface area contributed by atoms with E-state index in [2.05, 4.69) is 21.2 Å². The van der Waals surface area contributed by atoms with Crippen LogP contribution in [-0.4, -0.2) is 25.8 Å². The Hall–Kier alpha value is -0.450. The molecular formula is C12H15BrFNO. The third-order valence-corrected chi connectivity index (χ3v) is 3.27. The van der Waals surface area contributed by atoms with Gasteiger partial charge in [0.25, 0.3) is 0 Å². The Morgan fingerprint density at radius 1 is 1.50 bits per heavy atom. The summed E-state index contributed by atoms with van der Waals surface area (Å²) in [5, 5.41) is 3.36. The van der Waals surface area contributed by atoms with Crippen LogP contribution < -0.4 is 5.32 Å². The fraction of sp³-hybridized carbons (Fsp3) is 0.500. The Balaban J connectivity index is 1.88. The van der Waals surface area contributed by atoms with Gasteiger partial charge in [0.15, 0.2) is 0 Å². The van der Waals surface area contributed by atoms with Crippen LogP contribution in [0.1, 0.15) is 12.0 Å². The van der Waals surface area contributed by atoms with Gasteiger partial charge in [0, 0.05) is 17.1 Å². The molecule has 1 aliphatic heterocycles. The summed E-state index contributed by atoms with van der Waals surface area (Å²) in [6.07, 6.45) is 1.67. The van der Waals surface area contributed by atoms with E-state index in [1.54, 1.807) is 0 Å². The van der Waals surface area contributed by atoms with E-state index in [-0.39, 0.29) is 5.82 Å². The zero-order chi connectivity index (χ0) is 11.4. The Morgan fingerprint density at radius 3 is 3.06 bits per heavy atom. The van der Waals surface area contributed by atoms with Crippen molar-refractivity contribution in [3.63, 3.8) is 0 Å². The molecule has 1 aromatic rings. The van der Waals surface area contributed by atoms with Gasteiger partial charge >= 0.3 is 0 Å². The summed E-state index contributed by atoms with van der Waals surface area (Å²) in [4.78, 5) is 0. The molecule has 1 saturated heterocycles. The normalized spacial score (nSPS) is 21.0. The number of morpholine rings is 1. The number of halogens is 2. The van der Waals surface area contributed by atoms with E-state index in [1.807, 2.05) is 12.1 Å². The van der Waals surface area contributed by atoms with Gasteiger partial charge in [-0.2, -0.15) is 0 Å². The monoisotopic (exact) mass is 287 g/mol. The van der Waals surface area contributed by atoms with Crippen LogP contribution in [0.2, 0.25) is 0 Å². The summed E-state index contributed by atoms with van der Waals surface area (Å²) in [5.41, 5.74) is 0.774. The number of hydrogen-bond acceptors (Lipinski definition) is 2. The summed E-state index contributed by atoms with van der Waals surface area (Å²) in [5.74, 6) is -0.133. The summed E-state index contributed by atoms with van der Waals surface area (Å²) in [6, 6.07) is 5.59. The van der Waals surface area contributed by atoms with E-state index >= 15 is 0 Å². The van der Waals surface area contributed by atoms with Gasteiger partial charge in [-0.3, -0.25) is 0 Å². The molecule has 1 aliphatic rings. The molecule has 2 nitrogen and oxygen atoms in total. The van der Waals surface area contributed by atoms with Crippen molar-refractivity contribution in [1.29, 1.82) is 0 Å². The number of aryl methyl sites for hydroxylation is 1. The highest BCUT2D eigenvalue weighted by atomic mass is 79.9. The number of benzene rings is 1. The first-order valence-electron chi connectivity index (χ1n) is 5.51. The molecule has 0 aliphatic carbocycles. The van der Waals surface area contributed by atoms with Gasteiger partial charge in [0.05, 0.1) is 13.2 Å². The average Bonchev–Trinajstić information content (AvgIpc) is 2.29. The number of nitrogens with one attached hydrogen (secondary N) is 1. The average molecular weight is 288 g/mol. The van der Waals surface area contributed by atoms with Gasteiger partial charge in [-0.05, 0) is 30.5 Å². The van der Waals surface area contributed by atoms with E-state index in [9.17, 15) is 4.39 Å². The minimum absolute atomic E-state index is 0.133. The second-order valence-electron chi connectivity index (χ2n) is 4.00. The van der Waals surface area contributed by atoms with Crippen LogP contribution in [0.25, 0.3) is 0 Å². The van der Waals surface area contributed by atoms with Gasteiger partial charge in [-0.25, -0.2) is 4.39 Å². The molecule has 1 aromatic carbocycles. The third-order valence-electron chi connectivity index (χ3n) is 2.78. The Labute approximate surface area is 103 Å². The highest BCUT2D eigenvalue weighted by molar-refractivity contribution is 9.10. The maximum Gasteiger partial charge on any atom is 0.127 e. The predicted molar refractivity (Wildman–Crippen MR) is 65.0 cm³/mol. The van der Waals surface area contributed by atoms with Gasteiger partial charge in [0.1, 0.15) is 5.82 Å². The van der Waals surface area contributed by atoms with Crippen molar-refractivity contribution in [2.75, 3.05) is 19.8 Å². The van der Waals surface area contributed by atoms with E-state index in [0.717, 1.165) is 42.6 Å². The Bertz CT molecular complexity index is 353. The Morgan fingerprint density at radius 2 is 2.38 bits per heavy atom. The van der Waals surface area contributed by atoms with Gasteiger partial charge in [-0.1, -0.05) is 22.0 Å². The molecule has 1 atom stereocenters. The van der Waals surface area contributed by atoms with E-state index in [1.165, 1.54) is 6.07 Å². The molecule has 0 aromatic heterocycles. The minimum Gasteiger partial charge on any atom is -0.379 e. The summed E-state index contributed by atoms with van der Waals surface area (Å²) in [7, 11) is 0. The summed E-state index contributed by atoms with van der Waals surface area (Å²) < 4.78 is 19.7. The summed E-state index contributed by atoms with van der Waals surface area (Å²) >= 11 is 3.25. The maximum absolute atomic E-state index is 13.5.